The molecule has 2 aromatic heterocycles. The third-order valence-corrected chi connectivity index (χ3v) is 5.70. The zero-order valence-corrected chi connectivity index (χ0v) is 16.3. The summed E-state index contributed by atoms with van der Waals surface area (Å²) in [5, 5.41) is 5.49. The van der Waals surface area contributed by atoms with Crippen LogP contribution < -0.4 is 5.56 Å². The lowest BCUT2D eigenvalue weighted by Gasteiger charge is -2.07. The third kappa shape index (κ3) is 3.40. The quantitative estimate of drug-likeness (QED) is 0.425. The van der Waals surface area contributed by atoms with Gasteiger partial charge in [-0.3, -0.25) is 4.79 Å². The number of aromatic amines is 1. The lowest BCUT2D eigenvalue weighted by molar-refractivity contribution is 0.871. The lowest BCUT2D eigenvalue weighted by atomic mass is 10.1. The van der Waals surface area contributed by atoms with E-state index in [9.17, 15) is 4.79 Å². The largest absolute Gasteiger partial charge is 0.301 e. The first-order valence-electron chi connectivity index (χ1n) is 8.76. The molecule has 0 spiro atoms. The number of hydrogen-bond acceptors (Lipinski definition) is 4. The van der Waals surface area contributed by atoms with E-state index in [1.165, 1.54) is 34.0 Å². The maximum absolute atomic E-state index is 12.5. The van der Waals surface area contributed by atoms with E-state index >= 15 is 0 Å². The van der Waals surface area contributed by atoms with Crippen LogP contribution in [0.2, 0.25) is 0 Å². The van der Waals surface area contributed by atoms with Crippen molar-refractivity contribution in [3.05, 3.63) is 81.3 Å². The maximum Gasteiger partial charge on any atom is 0.262 e. The summed E-state index contributed by atoms with van der Waals surface area (Å²) in [6.07, 6.45) is 1.58. The minimum absolute atomic E-state index is 0.164. The summed E-state index contributed by atoms with van der Waals surface area (Å²) in [4.78, 5) is 20.0. The number of H-pyrrole nitrogens is 1. The summed E-state index contributed by atoms with van der Waals surface area (Å²) < 4.78 is 1.73. The van der Waals surface area contributed by atoms with Crippen molar-refractivity contribution in [1.82, 2.24) is 19.7 Å². The third-order valence-electron chi connectivity index (χ3n) is 4.78. The van der Waals surface area contributed by atoms with Crippen LogP contribution in [0, 0.1) is 20.8 Å². The Hall–Kier alpha value is -2.86. The summed E-state index contributed by atoms with van der Waals surface area (Å²) in [5.74, 6) is 0.749. The molecule has 0 amide bonds. The highest BCUT2D eigenvalue weighted by Crippen LogP contribution is 2.23. The Morgan fingerprint density at radius 2 is 1.85 bits per heavy atom. The Balaban J connectivity index is 1.72. The van der Waals surface area contributed by atoms with Gasteiger partial charge < -0.3 is 4.98 Å². The van der Waals surface area contributed by atoms with E-state index in [1.807, 2.05) is 18.2 Å². The van der Waals surface area contributed by atoms with E-state index in [4.69, 9.17) is 0 Å². The predicted molar refractivity (Wildman–Crippen MR) is 110 cm³/mol. The molecule has 4 rings (SSSR count). The van der Waals surface area contributed by atoms with E-state index in [-0.39, 0.29) is 5.56 Å². The molecular weight excluding hydrogens is 356 g/mol. The summed E-state index contributed by atoms with van der Waals surface area (Å²) in [6, 6.07) is 14.3. The molecule has 1 N–H and O–H groups in total. The van der Waals surface area contributed by atoms with Crippen LogP contribution in [0.25, 0.3) is 16.7 Å². The van der Waals surface area contributed by atoms with Crippen LogP contribution in [0.15, 0.2) is 58.6 Å². The van der Waals surface area contributed by atoms with Crippen LogP contribution in [0.5, 0.6) is 0 Å². The monoisotopic (exact) mass is 376 g/mol. The van der Waals surface area contributed by atoms with Crippen LogP contribution >= 0.6 is 11.8 Å². The smallest absolute Gasteiger partial charge is 0.262 e. The van der Waals surface area contributed by atoms with Crippen LogP contribution in [0.1, 0.15) is 22.3 Å². The van der Waals surface area contributed by atoms with Crippen molar-refractivity contribution in [2.24, 2.45) is 0 Å². The topological polar surface area (TPSA) is 63.6 Å². The van der Waals surface area contributed by atoms with E-state index in [0.717, 1.165) is 11.4 Å². The minimum Gasteiger partial charge on any atom is -0.301 e. The molecule has 136 valence electrons. The first-order valence-corrected chi connectivity index (χ1v) is 9.74. The van der Waals surface area contributed by atoms with E-state index in [2.05, 4.69) is 60.1 Å². The highest BCUT2D eigenvalue weighted by atomic mass is 32.2. The number of thioether (sulfide) groups is 1. The number of nitrogens with zero attached hydrogens (tertiary/aromatic N) is 3. The highest BCUT2D eigenvalue weighted by Gasteiger charge is 2.12. The summed E-state index contributed by atoms with van der Waals surface area (Å²) >= 11 is 1.52. The minimum atomic E-state index is -0.164. The number of hydrogen-bond donors (Lipinski definition) is 1. The zero-order valence-electron chi connectivity index (χ0n) is 15.5. The molecule has 0 atom stereocenters. The van der Waals surface area contributed by atoms with Crippen LogP contribution in [-0.4, -0.2) is 19.7 Å². The van der Waals surface area contributed by atoms with Crippen molar-refractivity contribution >= 4 is 22.8 Å². The van der Waals surface area contributed by atoms with Gasteiger partial charge in [0.1, 0.15) is 5.39 Å². The molecule has 27 heavy (non-hydrogen) atoms. The first kappa shape index (κ1) is 17.5. The molecule has 0 radical (unpaired) electrons. The zero-order chi connectivity index (χ0) is 19.0. The van der Waals surface area contributed by atoms with E-state index in [0.29, 0.717) is 16.2 Å². The second kappa shape index (κ2) is 7.04. The van der Waals surface area contributed by atoms with Crippen molar-refractivity contribution in [3.8, 4) is 5.69 Å². The number of aryl methyl sites for hydroxylation is 3. The molecule has 2 aromatic carbocycles. The number of fused-ring (bicyclic) bond motifs is 1. The molecule has 0 unspecified atom stereocenters. The number of aromatic nitrogens is 4. The van der Waals surface area contributed by atoms with Crippen molar-refractivity contribution in [2.75, 3.05) is 0 Å². The number of rotatable bonds is 4. The lowest BCUT2D eigenvalue weighted by Crippen LogP contribution is -2.10. The van der Waals surface area contributed by atoms with Gasteiger partial charge >= 0.3 is 0 Å². The van der Waals surface area contributed by atoms with Gasteiger partial charge in [-0.25, -0.2) is 9.67 Å². The molecule has 0 fully saturated rings. The van der Waals surface area contributed by atoms with Gasteiger partial charge in [0, 0.05) is 5.75 Å². The SMILES string of the molecule is Cc1ccc(-n2ncc3c(=O)[nH]c(SCc4ccccc4C)nc32)cc1C. The van der Waals surface area contributed by atoms with Gasteiger partial charge in [-0.1, -0.05) is 42.1 Å². The molecule has 2 heterocycles. The molecule has 0 aliphatic heterocycles. The number of nitrogens with one attached hydrogen (secondary N) is 1. The highest BCUT2D eigenvalue weighted by molar-refractivity contribution is 7.98. The van der Waals surface area contributed by atoms with Crippen LogP contribution in [0.4, 0.5) is 0 Å². The van der Waals surface area contributed by atoms with Crippen LogP contribution in [-0.2, 0) is 5.75 Å². The number of benzene rings is 2. The normalized spacial score (nSPS) is 11.2. The van der Waals surface area contributed by atoms with Crippen molar-refractivity contribution in [2.45, 2.75) is 31.7 Å². The van der Waals surface area contributed by atoms with Gasteiger partial charge in [-0.05, 0) is 55.2 Å². The molecule has 0 aliphatic carbocycles. The first-order chi connectivity index (χ1) is 13.0. The Kier molecular flexibility index (Phi) is 4.58. The van der Waals surface area contributed by atoms with Gasteiger partial charge in [-0.15, -0.1) is 0 Å². The average Bonchev–Trinajstić information content (AvgIpc) is 3.08. The summed E-state index contributed by atoms with van der Waals surface area (Å²) in [6.45, 7) is 6.22. The van der Waals surface area contributed by atoms with Crippen LogP contribution in [0.3, 0.4) is 0 Å². The Morgan fingerprint density at radius 1 is 1.04 bits per heavy atom. The fourth-order valence-corrected chi connectivity index (χ4v) is 3.86. The molecular formula is C21H20N4OS. The average molecular weight is 376 g/mol. The standard InChI is InChI=1S/C21H20N4OS/c1-13-8-9-17(10-15(13)3)25-19-18(11-22-25)20(26)24-21(23-19)27-12-16-7-5-4-6-14(16)2/h4-11H,12H2,1-3H3,(H,23,24,26). The molecule has 0 saturated heterocycles. The predicted octanol–water partition coefficient (Wildman–Crippen LogP) is 4.33. The summed E-state index contributed by atoms with van der Waals surface area (Å²) in [7, 11) is 0. The van der Waals surface area contributed by atoms with Crippen molar-refractivity contribution in [3.63, 3.8) is 0 Å². The fraction of sp³-hybridized carbons (Fsp3) is 0.190. The maximum atomic E-state index is 12.5. The molecule has 5 nitrogen and oxygen atoms in total. The molecule has 0 saturated carbocycles. The molecule has 6 heteroatoms. The van der Waals surface area contributed by atoms with Crippen molar-refractivity contribution in [1.29, 1.82) is 0 Å². The van der Waals surface area contributed by atoms with Gasteiger partial charge in [0.2, 0.25) is 0 Å². The Morgan fingerprint density at radius 3 is 2.63 bits per heavy atom. The van der Waals surface area contributed by atoms with E-state index < -0.39 is 0 Å². The van der Waals surface area contributed by atoms with Gasteiger partial charge in [0.05, 0.1) is 11.9 Å². The van der Waals surface area contributed by atoms with Gasteiger partial charge in [0.15, 0.2) is 10.8 Å². The van der Waals surface area contributed by atoms with Gasteiger partial charge in [0.25, 0.3) is 5.56 Å². The fourth-order valence-electron chi connectivity index (χ4n) is 2.93. The van der Waals surface area contributed by atoms with Crippen molar-refractivity contribution < 1.29 is 0 Å². The summed E-state index contributed by atoms with van der Waals surface area (Å²) in [5.41, 5.74) is 6.17. The second-order valence-electron chi connectivity index (χ2n) is 6.65. The van der Waals surface area contributed by atoms with E-state index in [1.54, 1.807) is 10.9 Å². The molecule has 4 aromatic rings. The Labute approximate surface area is 161 Å². The van der Waals surface area contributed by atoms with Gasteiger partial charge in [-0.2, -0.15) is 5.10 Å². The molecule has 0 aliphatic rings. The molecule has 0 bridgehead atoms. The Bertz CT molecular complexity index is 1190. The second-order valence-corrected chi connectivity index (χ2v) is 7.61.